The number of carbonyl (C=O) groups is 1. The molecule has 1 aromatic heterocycles. The maximum Gasteiger partial charge on any atom is 0.433 e. The Bertz CT molecular complexity index is 372. The Hall–Kier alpha value is -1.46. The van der Waals surface area contributed by atoms with Crippen LogP contribution in [0.15, 0.2) is 6.07 Å². The molecule has 76 valence electrons. The SMILES string of the molecule is Cc1nc(C(F)(F)F)cc(C=O)c1F. The van der Waals surface area contributed by atoms with Gasteiger partial charge in [-0.15, -0.1) is 0 Å². The molecule has 1 rings (SSSR count). The van der Waals surface area contributed by atoms with E-state index < -0.39 is 28.9 Å². The van der Waals surface area contributed by atoms with Crippen LogP contribution in [0.3, 0.4) is 0 Å². The molecule has 0 aliphatic heterocycles. The Morgan fingerprint density at radius 1 is 1.43 bits per heavy atom. The van der Waals surface area contributed by atoms with Crippen LogP contribution in [0.1, 0.15) is 21.7 Å². The van der Waals surface area contributed by atoms with Crippen LogP contribution in [-0.4, -0.2) is 11.3 Å². The Kier molecular flexibility index (Phi) is 2.55. The number of rotatable bonds is 1. The van der Waals surface area contributed by atoms with Crippen LogP contribution in [0, 0.1) is 12.7 Å². The van der Waals surface area contributed by atoms with Crippen LogP contribution in [0.4, 0.5) is 17.6 Å². The van der Waals surface area contributed by atoms with E-state index in [1.165, 1.54) is 0 Å². The molecular weight excluding hydrogens is 202 g/mol. The molecule has 0 aliphatic carbocycles. The fourth-order valence-electron chi connectivity index (χ4n) is 0.913. The number of hydrogen-bond acceptors (Lipinski definition) is 2. The number of halogens is 4. The van der Waals surface area contributed by atoms with Crippen LogP contribution < -0.4 is 0 Å². The van der Waals surface area contributed by atoms with Gasteiger partial charge >= 0.3 is 6.18 Å². The molecule has 0 radical (unpaired) electrons. The summed E-state index contributed by atoms with van der Waals surface area (Å²) in [5, 5.41) is 0. The molecule has 1 aromatic rings. The Morgan fingerprint density at radius 2 is 2.00 bits per heavy atom. The summed E-state index contributed by atoms with van der Waals surface area (Å²) in [5.74, 6) is -1.02. The largest absolute Gasteiger partial charge is 0.433 e. The average Bonchev–Trinajstić information content (AvgIpc) is 2.07. The summed E-state index contributed by atoms with van der Waals surface area (Å²) in [4.78, 5) is 13.2. The zero-order valence-electron chi connectivity index (χ0n) is 7.02. The van der Waals surface area contributed by atoms with Gasteiger partial charge in [0.15, 0.2) is 12.1 Å². The third kappa shape index (κ3) is 1.89. The average molecular weight is 207 g/mol. The predicted molar refractivity (Wildman–Crippen MR) is 39.3 cm³/mol. The van der Waals surface area contributed by atoms with Crippen molar-refractivity contribution >= 4 is 6.29 Å². The molecule has 0 N–H and O–H groups in total. The molecule has 0 spiro atoms. The number of aromatic nitrogens is 1. The number of aryl methyl sites for hydroxylation is 1. The van der Waals surface area contributed by atoms with E-state index in [1.807, 2.05) is 0 Å². The van der Waals surface area contributed by atoms with Crippen molar-refractivity contribution in [1.82, 2.24) is 4.98 Å². The summed E-state index contributed by atoms with van der Waals surface area (Å²) in [7, 11) is 0. The molecular formula is C8H5F4NO. The maximum absolute atomic E-state index is 12.9. The van der Waals surface area contributed by atoms with Crippen LogP contribution >= 0.6 is 0 Å². The monoisotopic (exact) mass is 207 g/mol. The lowest BCUT2D eigenvalue weighted by Gasteiger charge is -2.07. The van der Waals surface area contributed by atoms with Crippen molar-refractivity contribution in [1.29, 1.82) is 0 Å². The highest BCUT2D eigenvalue weighted by Crippen LogP contribution is 2.28. The van der Waals surface area contributed by atoms with E-state index in [4.69, 9.17) is 0 Å². The molecule has 0 aromatic carbocycles. The van der Waals surface area contributed by atoms with Crippen LogP contribution in [0.2, 0.25) is 0 Å². The lowest BCUT2D eigenvalue weighted by molar-refractivity contribution is -0.141. The van der Waals surface area contributed by atoms with Gasteiger partial charge in [0.2, 0.25) is 0 Å². The number of pyridine rings is 1. The van der Waals surface area contributed by atoms with Crippen LogP contribution in [0.25, 0.3) is 0 Å². The Morgan fingerprint density at radius 3 is 2.43 bits per heavy atom. The van der Waals surface area contributed by atoms with Gasteiger partial charge in [-0.2, -0.15) is 13.2 Å². The second-order valence-corrected chi connectivity index (χ2v) is 2.61. The Labute approximate surface area is 76.6 Å². The van der Waals surface area contributed by atoms with Crippen molar-refractivity contribution in [3.8, 4) is 0 Å². The van der Waals surface area contributed by atoms with E-state index in [-0.39, 0.29) is 6.29 Å². The highest BCUT2D eigenvalue weighted by molar-refractivity contribution is 5.75. The van der Waals surface area contributed by atoms with Crippen molar-refractivity contribution in [2.75, 3.05) is 0 Å². The number of carbonyl (C=O) groups excluding carboxylic acids is 1. The topological polar surface area (TPSA) is 30.0 Å². The molecule has 0 fully saturated rings. The third-order valence-corrected chi connectivity index (χ3v) is 1.57. The first-order chi connectivity index (χ1) is 6.36. The quantitative estimate of drug-likeness (QED) is 0.522. The number of aldehydes is 1. The molecule has 1 heterocycles. The molecule has 0 saturated carbocycles. The summed E-state index contributed by atoms with van der Waals surface area (Å²) >= 11 is 0. The van der Waals surface area contributed by atoms with Gasteiger partial charge in [0.05, 0.1) is 11.3 Å². The number of alkyl halides is 3. The van der Waals surface area contributed by atoms with E-state index in [9.17, 15) is 22.4 Å². The van der Waals surface area contributed by atoms with E-state index in [0.717, 1.165) is 6.92 Å². The first-order valence-electron chi connectivity index (χ1n) is 3.55. The summed E-state index contributed by atoms with van der Waals surface area (Å²) in [6.45, 7) is 1.07. The van der Waals surface area contributed by atoms with E-state index in [0.29, 0.717) is 6.07 Å². The lowest BCUT2D eigenvalue weighted by Crippen LogP contribution is -2.11. The van der Waals surface area contributed by atoms with Crippen molar-refractivity contribution in [2.24, 2.45) is 0 Å². The van der Waals surface area contributed by atoms with Crippen molar-refractivity contribution in [2.45, 2.75) is 13.1 Å². The molecule has 0 unspecified atom stereocenters. The number of nitrogens with zero attached hydrogens (tertiary/aromatic N) is 1. The van der Waals surface area contributed by atoms with Crippen molar-refractivity contribution < 1.29 is 22.4 Å². The fraction of sp³-hybridized carbons (Fsp3) is 0.250. The highest BCUT2D eigenvalue weighted by atomic mass is 19.4. The summed E-state index contributed by atoms with van der Waals surface area (Å²) in [6.07, 6.45) is -4.64. The molecule has 0 aliphatic rings. The molecule has 0 bridgehead atoms. The minimum absolute atomic E-state index is 0.0270. The summed E-state index contributed by atoms with van der Waals surface area (Å²) in [6, 6.07) is 0.384. The molecule has 2 nitrogen and oxygen atoms in total. The predicted octanol–water partition coefficient (Wildman–Crippen LogP) is 2.36. The normalized spacial score (nSPS) is 11.5. The van der Waals surface area contributed by atoms with Gasteiger partial charge in [-0.25, -0.2) is 9.37 Å². The smallest absolute Gasteiger partial charge is 0.298 e. The van der Waals surface area contributed by atoms with Crippen LogP contribution in [-0.2, 0) is 6.18 Å². The minimum atomic E-state index is -4.67. The maximum atomic E-state index is 12.9. The van der Waals surface area contributed by atoms with Gasteiger partial charge in [0.1, 0.15) is 5.69 Å². The molecule has 14 heavy (non-hydrogen) atoms. The van der Waals surface area contributed by atoms with Gasteiger partial charge in [-0.05, 0) is 13.0 Å². The summed E-state index contributed by atoms with van der Waals surface area (Å²) in [5.41, 5.74) is -2.34. The molecule has 0 amide bonds. The van der Waals surface area contributed by atoms with Gasteiger partial charge in [-0.3, -0.25) is 4.79 Å². The standard InChI is InChI=1S/C8H5F4NO/c1-4-7(9)5(3-14)2-6(13-4)8(10,11)12/h2-3H,1H3. The van der Waals surface area contributed by atoms with Crippen molar-refractivity contribution in [3.63, 3.8) is 0 Å². The third-order valence-electron chi connectivity index (χ3n) is 1.57. The summed E-state index contributed by atoms with van der Waals surface area (Å²) < 4.78 is 49.3. The van der Waals surface area contributed by atoms with Gasteiger partial charge in [0, 0.05) is 0 Å². The second kappa shape index (κ2) is 3.36. The highest BCUT2D eigenvalue weighted by Gasteiger charge is 2.33. The van der Waals surface area contributed by atoms with E-state index in [2.05, 4.69) is 4.98 Å². The van der Waals surface area contributed by atoms with Crippen molar-refractivity contribution in [3.05, 3.63) is 28.8 Å². The first-order valence-corrected chi connectivity index (χ1v) is 3.55. The van der Waals surface area contributed by atoms with Gasteiger partial charge < -0.3 is 0 Å². The van der Waals surface area contributed by atoms with Crippen LogP contribution in [0.5, 0.6) is 0 Å². The Balaban J connectivity index is 3.37. The van der Waals surface area contributed by atoms with E-state index >= 15 is 0 Å². The molecule has 0 atom stereocenters. The lowest BCUT2D eigenvalue weighted by atomic mass is 10.2. The first kappa shape index (κ1) is 10.6. The van der Waals surface area contributed by atoms with Gasteiger partial charge in [-0.1, -0.05) is 0 Å². The fourth-order valence-corrected chi connectivity index (χ4v) is 0.913. The zero-order chi connectivity index (χ0) is 10.9. The molecule has 6 heteroatoms. The van der Waals surface area contributed by atoms with Gasteiger partial charge in [0.25, 0.3) is 0 Å². The zero-order valence-corrected chi connectivity index (χ0v) is 7.02. The second-order valence-electron chi connectivity index (χ2n) is 2.61. The molecule has 0 saturated heterocycles. The van der Waals surface area contributed by atoms with E-state index in [1.54, 1.807) is 0 Å². The minimum Gasteiger partial charge on any atom is -0.298 e. The number of hydrogen-bond donors (Lipinski definition) is 0.